The minimum atomic E-state index is -0.140. The van der Waals surface area contributed by atoms with Crippen LogP contribution in [0.15, 0.2) is 18.2 Å². The molecule has 0 radical (unpaired) electrons. The maximum absolute atomic E-state index is 11.5. The van der Waals surface area contributed by atoms with Gasteiger partial charge in [-0.3, -0.25) is 9.69 Å². The third kappa shape index (κ3) is 1.35. The number of carbonyl (C=O) groups is 1. The van der Waals surface area contributed by atoms with E-state index in [9.17, 15) is 4.79 Å². The number of carbonyl (C=O) groups excluding carboxylic acids is 1. The lowest BCUT2D eigenvalue weighted by molar-refractivity contribution is -0.117. The SMILES string of the molecule is CN1C(=O)CN(C#N)c2cc(C#N)ccc21. The Bertz CT molecular complexity index is 538. The van der Waals surface area contributed by atoms with Crippen molar-refractivity contribution in [3.63, 3.8) is 0 Å². The van der Waals surface area contributed by atoms with Gasteiger partial charge in [-0.15, -0.1) is 0 Å². The smallest absolute Gasteiger partial charge is 0.247 e. The number of hydrogen-bond donors (Lipinski definition) is 0. The van der Waals surface area contributed by atoms with Crippen molar-refractivity contribution in [1.29, 1.82) is 10.5 Å². The fraction of sp³-hybridized carbons (Fsp3) is 0.182. The Hall–Kier alpha value is -2.53. The number of likely N-dealkylation sites (N-methyl/N-ethyl adjacent to an activating group) is 1. The Kier molecular flexibility index (Phi) is 2.23. The molecule has 0 spiro atoms. The van der Waals surface area contributed by atoms with Crippen LogP contribution in [-0.2, 0) is 4.79 Å². The van der Waals surface area contributed by atoms with Crippen LogP contribution in [0.4, 0.5) is 11.4 Å². The standard InChI is InChI=1S/C11H8N4O/c1-14-9-3-2-8(5-12)4-10(9)15(7-13)6-11(14)16/h2-4H,6H2,1H3. The molecule has 2 rings (SSSR count). The Morgan fingerprint density at radius 3 is 2.69 bits per heavy atom. The molecule has 0 unspecified atom stereocenters. The summed E-state index contributed by atoms with van der Waals surface area (Å²) in [6.07, 6.45) is 1.94. The molecule has 0 aromatic heterocycles. The van der Waals surface area contributed by atoms with Crippen LogP contribution >= 0.6 is 0 Å². The van der Waals surface area contributed by atoms with Crippen molar-refractivity contribution in [1.82, 2.24) is 0 Å². The molecule has 5 nitrogen and oxygen atoms in total. The largest absolute Gasteiger partial charge is 0.312 e. The normalized spacial score (nSPS) is 14.1. The summed E-state index contributed by atoms with van der Waals surface area (Å²) in [6, 6.07) is 6.93. The maximum atomic E-state index is 11.5. The first-order chi connectivity index (χ1) is 7.67. The number of rotatable bonds is 0. The van der Waals surface area contributed by atoms with E-state index in [0.29, 0.717) is 16.9 Å². The van der Waals surface area contributed by atoms with E-state index in [-0.39, 0.29) is 12.5 Å². The number of hydrogen-bond acceptors (Lipinski definition) is 4. The molecule has 78 valence electrons. The average Bonchev–Trinajstić information content (AvgIpc) is 2.33. The predicted molar refractivity (Wildman–Crippen MR) is 57.5 cm³/mol. The molecule has 0 atom stereocenters. The van der Waals surface area contributed by atoms with Crippen LogP contribution in [0.5, 0.6) is 0 Å². The van der Waals surface area contributed by atoms with E-state index in [1.165, 1.54) is 9.80 Å². The molecular formula is C11H8N4O. The van der Waals surface area contributed by atoms with Crippen LogP contribution in [0.25, 0.3) is 0 Å². The van der Waals surface area contributed by atoms with Gasteiger partial charge in [0.25, 0.3) is 0 Å². The highest BCUT2D eigenvalue weighted by Gasteiger charge is 2.26. The molecule has 1 aromatic rings. The lowest BCUT2D eigenvalue weighted by Crippen LogP contribution is -2.41. The second-order valence-corrected chi connectivity index (χ2v) is 3.45. The number of nitrogens with zero attached hydrogens (tertiary/aromatic N) is 4. The second kappa shape index (κ2) is 3.56. The van der Waals surface area contributed by atoms with Gasteiger partial charge in [0.05, 0.1) is 23.0 Å². The Morgan fingerprint density at radius 2 is 2.06 bits per heavy atom. The van der Waals surface area contributed by atoms with E-state index in [0.717, 1.165) is 0 Å². The van der Waals surface area contributed by atoms with Crippen LogP contribution in [0.1, 0.15) is 5.56 Å². The Morgan fingerprint density at radius 1 is 1.31 bits per heavy atom. The summed E-state index contributed by atoms with van der Waals surface area (Å²) in [5.41, 5.74) is 1.72. The fourth-order valence-electron chi connectivity index (χ4n) is 1.64. The van der Waals surface area contributed by atoms with Gasteiger partial charge in [0.1, 0.15) is 6.54 Å². The van der Waals surface area contributed by atoms with Crippen molar-refractivity contribution < 1.29 is 4.79 Å². The van der Waals surface area contributed by atoms with Gasteiger partial charge in [-0.05, 0) is 18.2 Å². The van der Waals surface area contributed by atoms with Crippen LogP contribution < -0.4 is 9.80 Å². The molecule has 0 saturated heterocycles. The Balaban J connectivity index is 2.61. The molecule has 0 N–H and O–H groups in total. The van der Waals surface area contributed by atoms with Crippen molar-refractivity contribution in [2.45, 2.75) is 0 Å². The summed E-state index contributed by atoms with van der Waals surface area (Å²) >= 11 is 0. The lowest BCUT2D eigenvalue weighted by atomic mass is 10.1. The average molecular weight is 212 g/mol. The molecule has 16 heavy (non-hydrogen) atoms. The molecule has 0 saturated carbocycles. The molecule has 1 aromatic carbocycles. The first-order valence-corrected chi connectivity index (χ1v) is 4.65. The zero-order valence-electron chi connectivity index (χ0n) is 8.64. The number of nitriles is 2. The summed E-state index contributed by atoms with van der Waals surface area (Å²) < 4.78 is 0. The zero-order valence-corrected chi connectivity index (χ0v) is 8.64. The first kappa shape index (κ1) is 10.0. The van der Waals surface area contributed by atoms with Crippen molar-refractivity contribution in [2.24, 2.45) is 0 Å². The van der Waals surface area contributed by atoms with Crippen molar-refractivity contribution in [3.8, 4) is 12.3 Å². The van der Waals surface area contributed by atoms with Gasteiger partial charge in [-0.2, -0.15) is 10.5 Å². The van der Waals surface area contributed by atoms with Crippen molar-refractivity contribution >= 4 is 17.3 Å². The predicted octanol–water partition coefficient (Wildman–Crippen LogP) is 0.822. The van der Waals surface area contributed by atoms with Crippen LogP contribution in [-0.4, -0.2) is 19.5 Å². The minimum Gasteiger partial charge on any atom is -0.312 e. The summed E-state index contributed by atoms with van der Waals surface area (Å²) in [7, 11) is 1.65. The molecule has 5 heteroatoms. The van der Waals surface area contributed by atoms with Gasteiger partial charge < -0.3 is 4.90 Å². The first-order valence-electron chi connectivity index (χ1n) is 4.65. The van der Waals surface area contributed by atoms with E-state index in [2.05, 4.69) is 0 Å². The van der Waals surface area contributed by atoms with Crippen molar-refractivity contribution in [3.05, 3.63) is 23.8 Å². The molecule has 1 aliphatic heterocycles. The third-order valence-electron chi connectivity index (χ3n) is 2.54. The summed E-state index contributed by atoms with van der Waals surface area (Å²) in [5, 5.41) is 17.7. The van der Waals surface area contributed by atoms with Gasteiger partial charge in [-0.25, -0.2) is 0 Å². The number of anilines is 2. The van der Waals surface area contributed by atoms with Gasteiger partial charge >= 0.3 is 0 Å². The van der Waals surface area contributed by atoms with Gasteiger partial charge in [0.2, 0.25) is 5.91 Å². The van der Waals surface area contributed by atoms with Crippen LogP contribution in [0, 0.1) is 22.8 Å². The van der Waals surface area contributed by atoms with Crippen LogP contribution in [0.2, 0.25) is 0 Å². The zero-order chi connectivity index (χ0) is 11.7. The number of amides is 1. The highest BCUT2D eigenvalue weighted by Crippen LogP contribution is 2.32. The monoisotopic (exact) mass is 212 g/mol. The molecular weight excluding hydrogens is 204 g/mol. The van der Waals surface area contributed by atoms with Gasteiger partial charge in [-0.1, -0.05) is 0 Å². The third-order valence-corrected chi connectivity index (χ3v) is 2.54. The number of fused-ring (bicyclic) bond motifs is 1. The summed E-state index contributed by atoms with van der Waals surface area (Å²) in [4.78, 5) is 14.3. The van der Waals surface area contributed by atoms with E-state index in [1.807, 2.05) is 12.3 Å². The van der Waals surface area contributed by atoms with Crippen LogP contribution in [0.3, 0.4) is 0 Å². The maximum Gasteiger partial charge on any atom is 0.247 e. The minimum absolute atomic E-state index is 0.0227. The van der Waals surface area contributed by atoms with E-state index >= 15 is 0 Å². The fourth-order valence-corrected chi connectivity index (χ4v) is 1.64. The summed E-state index contributed by atoms with van der Waals surface area (Å²) in [6.45, 7) is 0.0227. The molecule has 0 bridgehead atoms. The Labute approximate surface area is 92.7 Å². The highest BCUT2D eigenvalue weighted by molar-refractivity contribution is 6.03. The molecule has 1 amide bonds. The van der Waals surface area contributed by atoms with E-state index < -0.39 is 0 Å². The quantitative estimate of drug-likeness (QED) is 0.597. The van der Waals surface area contributed by atoms with E-state index in [4.69, 9.17) is 10.5 Å². The molecule has 1 aliphatic rings. The molecule has 0 fully saturated rings. The second-order valence-electron chi connectivity index (χ2n) is 3.45. The lowest BCUT2D eigenvalue weighted by Gasteiger charge is -2.30. The number of benzene rings is 1. The summed E-state index contributed by atoms with van der Waals surface area (Å²) in [5.74, 6) is -0.140. The van der Waals surface area contributed by atoms with Crippen molar-refractivity contribution in [2.75, 3.05) is 23.4 Å². The molecule has 1 heterocycles. The highest BCUT2D eigenvalue weighted by atomic mass is 16.2. The van der Waals surface area contributed by atoms with Gasteiger partial charge in [0.15, 0.2) is 6.19 Å². The molecule has 0 aliphatic carbocycles. The topological polar surface area (TPSA) is 71.1 Å². The van der Waals surface area contributed by atoms with E-state index in [1.54, 1.807) is 25.2 Å². The van der Waals surface area contributed by atoms with Gasteiger partial charge in [0, 0.05) is 7.05 Å².